The number of rotatable bonds is 3. The summed E-state index contributed by atoms with van der Waals surface area (Å²) in [4.78, 5) is 2.35. The molecule has 2 aliphatic rings. The summed E-state index contributed by atoms with van der Waals surface area (Å²) in [6.07, 6.45) is 3.35. The lowest BCUT2D eigenvalue weighted by molar-refractivity contribution is 0.326. The second kappa shape index (κ2) is 4.46. The maximum atomic E-state index is 13.5. The van der Waals surface area contributed by atoms with Crippen LogP contribution in [0.2, 0.25) is 0 Å². The van der Waals surface area contributed by atoms with E-state index in [0.717, 1.165) is 25.6 Å². The normalized spacial score (nSPS) is 24.5. The minimum atomic E-state index is -1.14. The first kappa shape index (κ1) is 11.8. The standard InChI is InChI=1S/C13H15F3N2/c14-8-5-11(15)13(16)12(6-8)17-9-3-4-18(7-9)10-1-2-10/h5-6,9-10,17H,1-4,7H2. The van der Waals surface area contributed by atoms with E-state index < -0.39 is 17.5 Å². The van der Waals surface area contributed by atoms with E-state index in [-0.39, 0.29) is 11.7 Å². The van der Waals surface area contributed by atoms with Gasteiger partial charge in [-0.25, -0.2) is 13.2 Å². The summed E-state index contributed by atoms with van der Waals surface area (Å²) in [6.45, 7) is 1.80. The minimum absolute atomic E-state index is 0.0706. The largest absolute Gasteiger partial charge is 0.378 e. The Labute approximate surface area is 104 Å². The van der Waals surface area contributed by atoms with Crippen molar-refractivity contribution < 1.29 is 13.2 Å². The van der Waals surface area contributed by atoms with Crippen LogP contribution in [0.4, 0.5) is 18.9 Å². The molecule has 1 saturated heterocycles. The molecule has 5 heteroatoms. The van der Waals surface area contributed by atoms with E-state index in [0.29, 0.717) is 12.1 Å². The van der Waals surface area contributed by atoms with Crippen LogP contribution >= 0.6 is 0 Å². The first-order chi connectivity index (χ1) is 8.63. The van der Waals surface area contributed by atoms with Crippen molar-refractivity contribution in [1.82, 2.24) is 4.90 Å². The van der Waals surface area contributed by atoms with E-state index in [1.807, 2.05) is 0 Å². The predicted molar refractivity (Wildman–Crippen MR) is 62.9 cm³/mol. The Bertz CT molecular complexity index is 460. The average Bonchev–Trinajstić information content (AvgIpc) is 3.07. The fourth-order valence-corrected chi connectivity index (χ4v) is 2.56. The molecule has 0 bridgehead atoms. The van der Waals surface area contributed by atoms with E-state index in [1.165, 1.54) is 12.8 Å². The molecule has 2 fully saturated rings. The van der Waals surface area contributed by atoms with Crippen LogP contribution < -0.4 is 5.32 Å². The molecule has 0 aromatic heterocycles. The number of anilines is 1. The highest BCUT2D eigenvalue weighted by Crippen LogP contribution is 2.31. The molecule has 1 aliphatic carbocycles. The van der Waals surface area contributed by atoms with Crippen molar-refractivity contribution in [2.45, 2.75) is 31.3 Å². The van der Waals surface area contributed by atoms with Crippen LogP contribution in [0.3, 0.4) is 0 Å². The molecule has 0 spiro atoms. The fraction of sp³-hybridized carbons (Fsp3) is 0.538. The lowest BCUT2D eigenvalue weighted by Crippen LogP contribution is -2.28. The van der Waals surface area contributed by atoms with E-state index in [2.05, 4.69) is 10.2 Å². The van der Waals surface area contributed by atoms with Crippen molar-refractivity contribution in [2.75, 3.05) is 18.4 Å². The van der Waals surface area contributed by atoms with Crippen LogP contribution in [-0.2, 0) is 0 Å². The zero-order valence-electron chi connectivity index (χ0n) is 9.93. The van der Waals surface area contributed by atoms with Crippen molar-refractivity contribution in [3.63, 3.8) is 0 Å². The molecule has 1 unspecified atom stereocenters. The van der Waals surface area contributed by atoms with Crippen molar-refractivity contribution in [1.29, 1.82) is 0 Å². The van der Waals surface area contributed by atoms with Gasteiger partial charge in [-0.3, -0.25) is 4.90 Å². The summed E-state index contributed by atoms with van der Waals surface area (Å²) in [5, 5.41) is 2.91. The Morgan fingerprint density at radius 2 is 1.89 bits per heavy atom. The highest BCUT2D eigenvalue weighted by atomic mass is 19.2. The molecule has 3 rings (SSSR count). The number of hydrogen-bond donors (Lipinski definition) is 1. The second-order valence-corrected chi connectivity index (χ2v) is 5.11. The molecule has 1 heterocycles. The molecule has 1 aliphatic heterocycles. The number of halogens is 3. The highest BCUT2D eigenvalue weighted by molar-refractivity contribution is 5.46. The third-order valence-electron chi connectivity index (χ3n) is 3.64. The molecule has 2 nitrogen and oxygen atoms in total. The van der Waals surface area contributed by atoms with Crippen LogP contribution in [-0.4, -0.2) is 30.1 Å². The van der Waals surface area contributed by atoms with Gasteiger partial charge in [0.2, 0.25) is 0 Å². The molecule has 1 atom stereocenters. The number of likely N-dealkylation sites (tertiary alicyclic amines) is 1. The van der Waals surface area contributed by atoms with Crippen LogP contribution in [0.5, 0.6) is 0 Å². The summed E-state index contributed by atoms with van der Waals surface area (Å²) < 4.78 is 39.6. The topological polar surface area (TPSA) is 15.3 Å². The minimum Gasteiger partial charge on any atom is -0.378 e. The first-order valence-corrected chi connectivity index (χ1v) is 6.28. The van der Waals surface area contributed by atoms with Crippen LogP contribution in [0.1, 0.15) is 19.3 Å². The van der Waals surface area contributed by atoms with Gasteiger partial charge in [0.15, 0.2) is 11.6 Å². The number of benzene rings is 1. The van der Waals surface area contributed by atoms with Gasteiger partial charge >= 0.3 is 0 Å². The average molecular weight is 256 g/mol. The van der Waals surface area contributed by atoms with Gasteiger partial charge in [-0.1, -0.05) is 0 Å². The number of hydrogen-bond acceptors (Lipinski definition) is 2. The van der Waals surface area contributed by atoms with Crippen molar-refractivity contribution in [2.24, 2.45) is 0 Å². The van der Waals surface area contributed by atoms with Gasteiger partial charge in [-0.15, -0.1) is 0 Å². The third kappa shape index (κ3) is 2.32. The molecule has 0 radical (unpaired) electrons. The Morgan fingerprint density at radius 1 is 1.11 bits per heavy atom. The SMILES string of the molecule is Fc1cc(F)c(F)c(NC2CCN(C3CC3)C2)c1. The zero-order chi connectivity index (χ0) is 12.7. The maximum Gasteiger partial charge on any atom is 0.182 e. The monoisotopic (exact) mass is 256 g/mol. The van der Waals surface area contributed by atoms with Gasteiger partial charge < -0.3 is 5.32 Å². The lowest BCUT2D eigenvalue weighted by atomic mass is 10.2. The number of nitrogens with one attached hydrogen (secondary N) is 1. The van der Waals surface area contributed by atoms with Crippen molar-refractivity contribution >= 4 is 5.69 Å². The van der Waals surface area contributed by atoms with Gasteiger partial charge in [-0.2, -0.15) is 0 Å². The quantitative estimate of drug-likeness (QED) is 0.836. The third-order valence-corrected chi connectivity index (χ3v) is 3.64. The first-order valence-electron chi connectivity index (χ1n) is 6.28. The van der Waals surface area contributed by atoms with Gasteiger partial charge in [-0.05, 0) is 19.3 Å². The van der Waals surface area contributed by atoms with Gasteiger partial charge in [0.25, 0.3) is 0 Å². The second-order valence-electron chi connectivity index (χ2n) is 5.11. The smallest absolute Gasteiger partial charge is 0.182 e. The summed E-state index contributed by atoms with van der Waals surface area (Å²) >= 11 is 0. The Balaban J connectivity index is 1.69. The molecule has 1 aromatic rings. The Hall–Kier alpha value is -1.23. The summed E-state index contributed by atoms with van der Waals surface area (Å²) in [5.74, 6) is -2.90. The van der Waals surface area contributed by atoms with Gasteiger partial charge in [0.05, 0.1) is 5.69 Å². The highest BCUT2D eigenvalue weighted by Gasteiger charge is 2.34. The zero-order valence-corrected chi connectivity index (χ0v) is 9.93. The van der Waals surface area contributed by atoms with Gasteiger partial charge in [0, 0.05) is 37.3 Å². The molecule has 1 aromatic carbocycles. The van der Waals surface area contributed by atoms with Gasteiger partial charge in [0.1, 0.15) is 5.82 Å². The molecule has 1 N–H and O–H groups in total. The molecular formula is C13H15F3N2. The Morgan fingerprint density at radius 3 is 2.61 bits per heavy atom. The molecule has 1 saturated carbocycles. The molecule has 98 valence electrons. The number of nitrogens with zero attached hydrogens (tertiary/aromatic N) is 1. The molecule has 18 heavy (non-hydrogen) atoms. The summed E-state index contributed by atoms with van der Waals surface area (Å²) in [7, 11) is 0. The van der Waals surface area contributed by atoms with Crippen LogP contribution in [0.15, 0.2) is 12.1 Å². The van der Waals surface area contributed by atoms with Crippen molar-refractivity contribution in [3.8, 4) is 0 Å². The summed E-state index contributed by atoms with van der Waals surface area (Å²) in [6, 6.07) is 2.32. The van der Waals surface area contributed by atoms with E-state index in [9.17, 15) is 13.2 Å². The van der Waals surface area contributed by atoms with Crippen molar-refractivity contribution in [3.05, 3.63) is 29.6 Å². The molecule has 0 amide bonds. The molecular weight excluding hydrogens is 241 g/mol. The van der Waals surface area contributed by atoms with E-state index in [4.69, 9.17) is 0 Å². The fourth-order valence-electron chi connectivity index (χ4n) is 2.56. The van der Waals surface area contributed by atoms with E-state index in [1.54, 1.807) is 0 Å². The predicted octanol–water partition coefficient (Wildman–Crippen LogP) is 2.75. The Kier molecular flexibility index (Phi) is 2.93. The lowest BCUT2D eigenvalue weighted by Gasteiger charge is -2.17. The van der Waals surface area contributed by atoms with E-state index >= 15 is 0 Å². The summed E-state index contributed by atoms with van der Waals surface area (Å²) in [5.41, 5.74) is -0.0739. The van der Waals surface area contributed by atoms with Crippen LogP contribution in [0, 0.1) is 17.5 Å². The maximum absolute atomic E-state index is 13.5. The van der Waals surface area contributed by atoms with Crippen LogP contribution in [0.25, 0.3) is 0 Å².